The van der Waals surface area contributed by atoms with Crippen molar-refractivity contribution >= 4 is 21.6 Å². The number of thiazole rings is 1. The van der Waals surface area contributed by atoms with Crippen LogP contribution in [0, 0.1) is 5.82 Å². The summed E-state index contributed by atoms with van der Waals surface area (Å²) in [6.07, 6.45) is 4.11. The molecule has 0 bridgehead atoms. The first kappa shape index (κ1) is 17.5. The van der Waals surface area contributed by atoms with Gasteiger partial charge in [-0.2, -0.15) is 0 Å². The number of para-hydroxylation sites is 1. The van der Waals surface area contributed by atoms with Gasteiger partial charge in [-0.1, -0.05) is 12.1 Å². The van der Waals surface area contributed by atoms with Gasteiger partial charge in [0.1, 0.15) is 10.8 Å². The molecule has 28 heavy (non-hydrogen) atoms. The van der Waals surface area contributed by atoms with Crippen molar-refractivity contribution in [1.29, 1.82) is 0 Å². The van der Waals surface area contributed by atoms with Crippen molar-refractivity contribution in [2.75, 3.05) is 13.1 Å². The predicted octanol–water partition coefficient (Wildman–Crippen LogP) is 4.05. The fraction of sp³-hybridized carbons (Fsp3) is 0.273. The topological polar surface area (TPSA) is 43.4 Å². The minimum atomic E-state index is -0.248. The number of hydrogen-bond donors (Lipinski definition) is 1. The van der Waals surface area contributed by atoms with E-state index >= 15 is 0 Å². The lowest BCUT2D eigenvalue weighted by Crippen LogP contribution is -3.12. The van der Waals surface area contributed by atoms with E-state index in [0.29, 0.717) is 11.7 Å². The van der Waals surface area contributed by atoms with Crippen molar-refractivity contribution in [1.82, 2.24) is 9.97 Å². The summed E-state index contributed by atoms with van der Waals surface area (Å²) in [5.74, 6) is 1.67. The maximum Gasteiger partial charge on any atom is 0.250 e. The van der Waals surface area contributed by atoms with E-state index in [9.17, 15) is 4.39 Å². The lowest BCUT2D eigenvalue weighted by Gasteiger charge is -2.27. The van der Waals surface area contributed by atoms with Crippen LogP contribution in [0.4, 0.5) is 4.39 Å². The molecule has 142 valence electrons. The molecule has 1 N–H and O–H groups in total. The number of likely N-dealkylation sites (tertiary alicyclic amines) is 1. The molecule has 2 atom stereocenters. The average molecular weight is 394 g/mol. The molecule has 5 rings (SSSR count). The molecule has 2 aromatic carbocycles. The van der Waals surface area contributed by atoms with Gasteiger partial charge in [0, 0.05) is 5.56 Å². The summed E-state index contributed by atoms with van der Waals surface area (Å²) < 4.78 is 20.3. The van der Waals surface area contributed by atoms with E-state index in [1.165, 1.54) is 39.6 Å². The first-order valence-corrected chi connectivity index (χ1v) is 10.5. The third kappa shape index (κ3) is 3.57. The first-order valence-electron chi connectivity index (χ1n) is 9.64. The van der Waals surface area contributed by atoms with Crippen molar-refractivity contribution < 1.29 is 13.7 Å². The normalized spacial score (nSPS) is 19.9. The van der Waals surface area contributed by atoms with E-state index in [2.05, 4.69) is 23.2 Å². The fourth-order valence-electron chi connectivity index (χ4n) is 3.94. The molecule has 3 heterocycles. The zero-order chi connectivity index (χ0) is 18.9. The molecule has 1 saturated heterocycles. The van der Waals surface area contributed by atoms with Crippen molar-refractivity contribution in [3.05, 3.63) is 71.4 Å². The highest BCUT2D eigenvalue weighted by Gasteiger charge is 2.28. The number of piperidine rings is 1. The van der Waals surface area contributed by atoms with E-state index in [-0.39, 0.29) is 5.82 Å². The second kappa shape index (κ2) is 7.45. The van der Waals surface area contributed by atoms with Crippen LogP contribution in [0.25, 0.3) is 21.5 Å². The quantitative estimate of drug-likeness (QED) is 0.568. The van der Waals surface area contributed by atoms with Gasteiger partial charge in [-0.05, 0) is 49.2 Å². The van der Waals surface area contributed by atoms with E-state index in [4.69, 9.17) is 9.40 Å². The molecule has 2 aromatic heterocycles. The molecule has 1 fully saturated rings. The molecule has 1 aliphatic rings. The SMILES string of the molecule is Fc1ccc(-c2cnc(C[NH+]3CCC[C@@H](c4nc5ccccc5s4)C3)o2)cc1. The number of fused-ring (bicyclic) bond motifs is 1. The Labute approximate surface area is 166 Å². The van der Waals surface area contributed by atoms with Crippen LogP contribution >= 0.6 is 11.3 Å². The minimum Gasteiger partial charge on any atom is -0.435 e. The molecule has 4 aromatic rings. The first-order chi connectivity index (χ1) is 13.7. The van der Waals surface area contributed by atoms with Crippen LogP contribution in [-0.2, 0) is 6.54 Å². The summed E-state index contributed by atoms with van der Waals surface area (Å²) in [5, 5.41) is 1.25. The molecule has 1 unspecified atom stereocenters. The molecule has 6 heteroatoms. The minimum absolute atomic E-state index is 0.248. The molecule has 1 aliphatic heterocycles. The van der Waals surface area contributed by atoms with Crippen molar-refractivity contribution in [3.63, 3.8) is 0 Å². The van der Waals surface area contributed by atoms with Gasteiger partial charge in [0.2, 0.25) is 0 Å². The maximum absolute atomic E-state index is 13.1. The lowest BCUT2D eigenvalue weighted by molar-refractivity contribution is -0.921. The zero-order valence-electron chi connectivity index (χ0n) is 15.4. The lowest BCUT2D eigenvalue weighted by atomic mass is 9.99. The Kier molecular flexibility index (Phi) is 4.66. The third-order valence-corrected chi connectivity index (χ3v) is 6.56. The van der Waals surface area contributed by atoms with E-state index in [0.717, 1.165) is 36.6 Å². The summed E-state index contributed by atoms with van der Waals surface area (Å²) in [6, 6.07) is 14.7. The molecule has 0 spiro atoms. The van der Waals surface area contributed by atoms with Crippen molar-refractivity contribution in [3.8, 4) is 11.3 Å². The smallest absolute Gasteiger partial charge is 0.250 e. The third-order valence-electron chi connectivity index (χ3n) is 5.36. The van der Waals surface area contributed by atoms with Crippen LogP contribution in [0.15, 0.2) is 59.1 Å². The standard InChI is InChI=1S/C22H20FN3OS/c23-17-9-7-15(8-10-17)19-12-24-21(27-19)14-26-11-3-4-16(13-26)22-25-18-5-1-2-6-20(18)28-22/h1-2,5-10,12,16H,3-4,11,13-14H2/p+1/t16-/m1/s1. The number of halogens is 1. The number of oxazole rings is 1. The second-order valence-electron chi connectivity index (χ2n) is 7.37. The van der Waals surface area contributed by atoms with Crippen LogP contribution in [0.5, 0.6) is 0 Å². The Morgan fingerprint density at radius 2 is 2.00 bits per heavy atom. The van der Waals surface area contributed by atoms with Gasteiger partial charge in [0.15, 0.2) is 12.3 Å². The van der Waals surface area contributed by atoms with Gasteiger partial charge in [-0.25, -0.2) is 14.4 Å². The highest BCUT2D eigenvalue weighted by Crippen LogP contribution is 2.30. The van der Waals surface area contributed by atoms with Crippen LogP contribution in [0.2, 0.25) is 0 Å². The molecular formula is C22H21FN3OS+. The molecule has 0 amide bonds. The molecule has 0 saturated carbocycles. The van der Waals surface area contributed by atoms with Crippen LogP contribution < -0.4 is 4.90 Å². The number of hydrogen-bond acceptors (Lipinski definition) is 4. The van der Waals surface area contributed by atoms with Gasteiger partial charge in [0.25, 0.3) is 5.89 Å². The Hall–Kier alpha value is -2.57. The second-order valence-corrected chi connectivity index (χ2v) is 8.43. The number of nitrogens with one attached hydrogen (secondary N) is 1. The van der Waals surface area contributed by atoms with Crippen molar-refractivity contribution in [2.45, 2.75) is 25.3 Å². The highest BCUT2D eigenvalue weighted by molar-refractivity contribution is 7.18. The summed E-state index contributed by atoms with van der Waals surface area (Å²) in [4.78, 5) is 10.8. The van der Waals surface area contributed by atoms with Crippen LogP contribution in [0.3, 0.4) is 0 Å². The highest BCUT2D eigenvalue weighted by atomic mass is 32.1. The van der Waals surface area contributed by atoms with Crippen molar-refractivity contribution in [2.24, 2.45) is 0 Å². The number of aromatic nitrogens is 2. The molecular weight excluding hydrogens is 373 g/mol. The number of quaternary nitrogens is 1. The Morgan fingerprint density at radius 1 is 1.14 bits per heavy atom. The number of rotatable bonds is 4. The molecule has 4 nitrogen and oxygen atoms in total. The molecule has 0 aliphatic carbocycles. The Morgan fingerprint density at radius 3 is 2.86 bits per heavy atom. The average Bonchev–Trinajstić information content (AvgIpc) is 3.36. The number of benzene rings is 2. The van der Waals surface area contributed by atoms with E-state index in [1.807, 2.05) is 17.4 Å². The fourth-order valence-corrected chi connectivity index (χ4v) is 5.04. The summed E-state index contributed by atoms with van der Waals surface area (Å²) in [5.41, 5.74) is 1.95. The summed E-state index contributed by atoms with van der Waals surface area (Å²) in [6.45, 7) is 2.94. The van der Waals surface area contributed by atoms with Gasteiger partial charge in [-0.3, -0.25) is 0 Å². The van der Waals surface area contributed by atoms with Gasteiger partial charge in [-0.15, -0.1) is 11.3 Å². The monoisotopic (exact) mass is 394 g/mol. The number of nitrogens with zero attached hydrogens (tertiary/aromatic N) is 2. The predicted molar refractivity (Wildman–Crippen MR) is 108 cm³/mol. The van der Waals surface area contributed by atoms with Crippen LogP contribution in [-0.4, -0.2) is 23.1 Å². The van der Waals surface area contributed by atoms with Gasteiger partial charge >= 0.3 is 0 Å². The molecule has 0 radical (unpaired) electrons. The summed E-state index contributed by atoms with van der Waals surface area (Å²) in [7, 11) is 0. The zero-order valence-corrected chi connectivity index (χ0v) is 16.2. The van der Waals surface area contributed by atoms with Gasteiger partial charge < -0.3 is 9.32 Å². The summed E-state index contributed by atoms with van der Waals surface area (Å²) >= 11 is 1.82. The largest absolute Gasteiger partial charge is 0.435 e. The van der Waals surface area contributed by atoms with E-state index in [1.54, 1.807) is 18.3 Å². The van der Waals surface area contributed by atoms with E-state index < -0.39 is 0 Å². The van der Waals surface area contributed by atoms with Gasteiger partial charge in [0.05, 0.1) is 35.4 Å². The maximum atomic E-state index is 13.1. The van der Waals surface area contributed by atoms with Crippen LogP contribution in [0.1, 0.15) is 29.7 Å². The Bertz CT molecular complexity index is 1060. The Balaban J connectivity index is 1.28.